The first-order valence-corrected chi connectivity index (χ1v) is 10.5. The van der Waals surface area contributed by atoms with Gasteiger partial charge in [-0.1, -0.05) is 43.6 Å². The maximum atomic E-state index is 12.2. The standard InChI is InChI=1S/C22H23ClN2O3S/c1-14(2)11-24-21(26)18-13-29-22(25-18)15-8-9-19(20(10-15)27-3)28-12-16-6-4-5-7-17(16)23/h4-10,13-14H,11-12H2,1-3H3,(H,24,26). The zero-order valence-corrected chi connectivity index (χ0v) is 18.1. The molecule has 5 nitrogen and oxygen atoms in total. The summed E-state index contributed by atoms with van der Waals surface area (Å²) in [5.74, 6) is 1.44. The second-order valence-corrected chi connectivity index (χ2v) is 8.15. The first-order chi connectivity index (χ1) is 14.0. The van der Waals surface area contributed by atoms with Crippen LogP contribution in [0.15, 0.2) is 47.8 Å². The predicted octanol–water partition coefficient (Wildman–Crippen LogP) is 5.44. The van der Waals surface area contributed by atoms with Crippen LogP contribution in [-0.4, -0.2) is 24.5 Å². The molecule has 7 heteroatoms. The van der Waals surface area contributed by atoms with Crippen molar-refractivity contribution in [2.75, 3.05) is 13.7 Å². The Bertz CT molecular complexity index is 988. The maximum Gasteiger partial charge on any atom is 0.270 e. The molecule has 2 aromatic carbocycles. The number of halogens is 1. The fourth-order valence-electron chi connectivity index (χ4n) is 2.59. The van der Waals surface area contributed by atoms with Gasteiger partial charge in [-0.25, -0.2) is 4.98 Å². The SMILES string of the molecule is COc1cc(-c2nc(C(=O)NCC(C)C)cs2)ccc1OCc1ccccc1Cl. The zero-order chi connectivity index (χ0) is 20.8. The van der Waals surface area contributed by atoms with Crippen LogP contribution in [0.1, 0.15) is 29.9 Å². The minimum atomic E-state index is -0.159. The van der Waals surface area contributed by atoms with E-state index in [-0.39, 0.29) is 5.91 Å². The number of ether oxygens (including phenoxy) is 2. The number of nitrogens with zero attached hydrogens (tertiary/aromatic N) is 1. The molecule has 0 saturated carbocycles. The number of carbonyl (C=O) groups excluding carboxylic acids is 1. The van der Waals surface area contributed by atoms with Crippen molar-refractivity contribution in [3.05, 3.63) is 64.1 Å². The van der Waals surface area contributed by atoms with Crippen molar-refractivity contribution in [1.82, 2.24) is 10.3 Å². The van der Waals surface area contributed by atoms with Crippen LogP contribution >= 0.6 is 22.9 Å². The molecule has 1 N–H and O–H groups in total. The minimum absolute atomic E-state index is 0.159. The van der Waals surface area contributed by atoms with Crippen LogP contribution < -0.4 is 14.8 Å². The maximum absolute atomic E-state index is 12.2. The van der Waals surface area contributed by atoms with E-state index < -0.39 is 0 Å². The lowest BCUT2D eigenvalue weighted by atomic mass is 10.2. The summed E-state index contributed by atoms with van der Waals surface area (Å²) in [5.41, 5.74) is 2.18. The Morgan fingerprint density at radius 2 is 2.00 bits per heavy atom. The second kappa shape index (κ2) is 9.76. The van der Waals surface area contributed by atoms with Crippen LogP contribution in [0.2, 0.25) is 5.02 Å². The summed E-state index contributed by atoms with van der Waals surface area (Å²) < 4.78 is 11.4. The predicted molar refractivity (Wildman–Crippen MR) is 117 cm³/mol. The summed E-state index contributed by atoms with van der Waals surface area (Å²) in [6.07, 6.45) is 0. The van der Waals surface area contributed by atoms with Crippen molar-refractivity contribution < 1.29 is 14.3 Å². The highest BCUT2D eigenvalue weighted by Crippen LogP contribution is 2.34. The molecule has 0 radical (unpaired) electrons. The Hall–Kier alpha value is -2.57. The van der Waals surface area contributed by atoms with Crippen LogP contribution in [-0.2, 0) is 6.61 Å². The third-order valence-electron chi connectivity index (χ3n) is 4.16. The van der Waals surface area contributed by atoms with Crippen LogP contribution in [0.4, 0.5) is 0 Å². The molecular weight excluding hydrogens is 408 g/mol. The van der Waals surface area contributed by atoms with Crippen LogP contribution in [0.3, 0.4) is 0 Å². The van der Waals surface area contributed by atoms with Crippen molar-refractivity contribution in [3.8, 4) is 22.1 Å². The number of rotatable bonds is 8. The minimum Gasteiger partial charge on any atom is -0.493 e. The van der Waals surface area contributed by atoms with Gasteiger partial charge in [-0.3, -0.25) is 4.79 Å². The smallest absolute Gasteiger partial charge is 0.270 e. The molecule has 0 fully saturated rings. The van der Waals surface area contributed by atoms with Gasteiger partial charge in [0.15, 0.2) is 11.5 Å². The number of amides is 1. The molecular formula is C22H23ClN2O3S. The van der Waals surface area contributed by atoms with Crippen molar-refractivity contribution in [2.24, 2.45) is 5.92 Å². The number of hydrogen-bond donors (Lipinski definition) is 1. The number of hydrogen-bond acceptors (Lipinski definition) is 5. The largest absolute Gasteiger partial charge is 0.493 e. The van der Waals surface area contributed by atoms with Gasteiger partial charge in [0.2, 0.25) is 0 Å². The van der Waals surface area contributed by atoms with E-state index >= 15 is 0 Å². The average molecular weight is 431 g/mol. The summed E-state index contributed by atoms with van der Waals surface area (Å²) in [6.45, 7) is 5.06. The molecule has 0 aliphatic heterocycles. The zero-order valence-electron chi connectivity index (χ0n) is 16.6. The number of benzene rings is 2. The number of carbonyl (C=O) groups is 1. The highest BCUT2D eigenvalue weighted by atomic mass is 35.5. The second-order valence-electron chi connectivity index (χ2n) is 6.89. The lowest BCUT2D eigenvalue weighted by molar-refractivity contribution is 0.0945. The molecule has 1 aromatic heterocycles. The highest BCUT2D eigenvalue weighted by Gasteiger charge is 2.14. The molecule has 0 aliphatic rings. The van der Waals surface area contributed by atoms with Crippen LogP contribution in [0.5, 0.6) is 11.5 Å². The van der Waals surface area contributed by atoms with Gasteiger partial charge in [0, 0.05) is 28.1 Å². The molecule has 0 saturated heterocycles. The van der Waals surface area contributed by atoms with Gasteiger partial charge in [-0.2, -0.15) is 0 Å². The van der Waals surface area contributed by atoms with Gasteiger partial charge in [0.05, 0.1) is 7.11 Å². The summed E-state index contributed by atoms with van der Waals surface area (Å²) in [4.78, 5) is 16.7. The number of nitrogens with one attached hydrogen (secondary N) is 1. The topological polar surface area (TPSA) is 60.5 Å². The van der Waals surface area contributed by atoms with E-state index in [0.29, 0.717) is 41.3 Å². The van der Waals surface area contributed by atoms with E-state index in [4.69, 9.17) is 21.1 Å². The molecule has 3 rings (SSSR count). The van der Waals surface area contributed by atoms with Crippen molar-refractivity contribution in [2.45, 2.75) is 20.5 Å². The Labute approximate surface area is 179 Å². The van der Waals surface area contributed by atoms with Crippen LogP contribution in [0, 0.1) is 5.92 Å². The van der Waals surface area contributed by atoms with E-state index in [2.05, 4.69) is 24.1 Å². The summed E-state index contributed by atoms with van der Waals surface area (Å²) >= 11 is 7.60. The Balaban J connectivity index is 1.73. The molecule has 0 atom stereocenters. The van der Waals surface area contributed by atoms with Crippen molar-refractivity contribution in [1.29, 1.82) is 0 Å². The molecule has 0 aliphatic carbocycles. The van der Waals surface area contributed by atoms with E-state index in [0.717, 1.165) is 16.1 Å². The third kappa shape index (κ3) is 5.49. The van der Waals surface area contributed by atoms with Gasteiger partial charge in [-0.05, 0) is 30.2 Å². The monoisotopic (exact) mass is 430 g/mol. The summed E-state index contributed by atoms with van der Waals surface area (Å²) in [5, 5.41) is 6.05. The van der Waals surface area contributed by atoms with Crippen molar-refractivity contribution >= 4 is 28.8 Å². The van der Waals surface area contributed by atoms with Gasteiger partial charge >= 0.3 is 0 Å². The molecule has 0 bridgehead atoms. The van der Waals surface area contributed by atoms with Gasteiger partial charge in [0.1, 0.15) is 17.3 Å². The average Bonchev–Trinajstić information content (AvgIpc) is 3.21. The first kappa shape index (κ1) is 21.1. The Morgan fingerprint density at radius 1 is 1.21 bits per heavy atom. The summed E-state index contributed by atoms with van der Waals surface area (Å²) in [6, 6.07) is 13.2. The highest BCUT2D eigenvalue weighted by molar-refractivity contribution is 7.13. The van der Waals surface area contributed by atoms with Gasteiger partial charge in [-0.15, -0.1) is 11.3 Å². The molecule has 0 spiro atoms. The van der Waals surface area contributed by atoms with E-state index in [1.54, 1.807) is 12.5 Å². The Kier molecular flexibility index (Phi) is 7.12. The molecule has 3 aromatic rings. The van der Waals surface area contributed by atoms with E-state index in [1.807, 2.05) is 42.5 Å². The lowest BCUT2D eigenvalue weighted by Crippen LogP contribution is -2.27. The molecule has 152 valence electrons. The Morgan fingerprint density at radius 3 is 2.72 bits per heavy atom. The third-order valence-corrected chi connectivity index (χ3v) is 5.42. The van der Waals surface area contributed by atoms with Crippen LogP contribution in [0.25, 0.3) is 10.6 Å². The quantitative estimate of drug-likeness (QED) is 0.517. The first-order valence-electron chi connectivity index (χ1n) is 9.26. The molecule has 0 unspecified atom stereocenters. The number of aromatic nitrogens is 1. The number of thiazole rings is 1. The number of methoxy groups -OCH3 is 1. The van der Waals surface area contributed by atoms with Crippen molar-refractivity contribution in [3.63, 3.8) is 0 Å². The van der Waals surface area contributed by atoms with Gasteiger partial charge in [0.25, 0.3) is 5.91 Å². The molecule has 1 amide bonds. The fourth-order valence-corrected chi connectivity index (χ4v) is 3.58. The fraction of sp³-hybridized carbons (Fsp3) is 0.273. The molecule has 1 heterocycles. The normalized spacial score (nSPS) is 10.8. The van der Waals surface area contributed by atoms with E-state index in [1.165, 1.54) is 11.3 Å². The molecule has 29 heavy (non-hydrogen) atoms. The van der Waals surface area contributed by atoms with E-state index in [9.17, 15) is 4.79 Å². The lowest BCUT2D eigenvalue weighted by Gasteiger charge is -2.12. The van der Waals surface area contributed by atoms with Gasteiger partial charge < -0.3 is 14.8 Å². The summed E-state index contributed by atoms with van der Waals surface area (Å²) in [7, 11) is 1.59.